The SMILES string of the molecule is CNCC(=O)N[C@H](C(=O)N1CCC[C@H]1CN(CCc1ccc(F)cc1)C(=O)c1cn2cccnc2n1)C(C)(C)C. The van der Waals surface area contributed by atoms with E-state index in [0.29, 0.717) is 31.8 Å². The third-order valence-corrected chi connectivity index (χ3v) is 7.17. The molecule has 40 heavy (non-hydrogen) atoms. The van der Waals surface area contributed by atoms with E-state index < -0.39 is 11.5 Å². The van der Waals surface area contributed by atoms with Crippen molar-refractivity contribution in [2.45, 2.75) is 52.1 Å². The van der Waals surface area contributed by atoms with Crippen molar-refractivity contribution < 1.29 is 18.8 Å². The highest BCUT2D eigenvalue weighted by molar-refractivity contribution is 5.93. The van der Waals surface area contributed by atoms with Crippen LogP contribution in [0.2, 0.25) is 0 Å². The lowest BCUT2D eigenvalue weighted by molar-refractivity contribution is -0.140. The Kier molecular flexibility index (Phi) is 9.14. The molecule has 0 radical (unpaired) electrons. The molecule has 1 aliphatic heterocycles. The molecule has 11 heteroatoms. The summed E-state index contributed by atoms with van der Waals surface area (Å²) in [6.07, 6.45) is 7.10. The van der Waals surface area contributed by atoms with Crippen LogP contribution >= 0.6 is 0 Å². The van der Waals surface area contributed by atoms with Crippen LogP contribution in [0.15, 0.2) is 48.9 Å². The van der Waals surface area contributed by atoms with Gasteiger partial charge in [-0.25, -0.2) is 14.4 Å². The van der Waals surface area contributed by atoms with Gasteiger partial charge in [0.15, 0.2) is 0 Å². The van der Waals surface area contributed by atoms with Crippen LogP contribution in [0, 0.1) is 11.2 Å². The second-order valence-corrected chi connectivity index (χ2v) is 11.3. The topological polar surface area (TPSA) is 112 Å². The Labute approximate surface area is 234 Å². The van der Waals surface area contributed by atoms with Gasteiger partial charge < -0.3 is 20.4 Å². The van der Waals surface area contributed by atoms with Crippen molar-refractivity contribution in [2.75, 3.05) is 33.2 Å². The lowest BCUT2D eigenvalue weighted by Gasteiger charge is -2.37. The second-order valence-electron chi connectivity index (χ2n) is 11.3. The summed E-state index contributed by atoms with van der Waals surface area (Å²) in [5.74, 6) is -0.552. The Hall–Kier alpha value is -3.86. The number of rotatable bonds is 10. The van der Waals surface area contributed by atoms with Gasteiger partial charge in [-0.3, -0.25) is 18.8 Å². The predicted octanol–water partition coefficient (Wildman–Crippen LogP) is 2.29. The summed E-state index contributed by atoms with van der Waals surface area (Å²) in [6.45, 7) is 7.13. The molecule has 214 valence electrons. The smallest absolute Gasteiger partial charge is 0.274 e. The number of likely N-dealkylation sites (tertiary alicyclic amines) is 1. The summed E-state index contributed by atoms with van der Waals surface area (Å²) in [7, 11) is 1.68. The number of imidazole rings is 1. The number of benzene rings is 1. The summed E-state index contributed by atoms with van der Waals surface area (Å²) in [6, 6.07) is 7.06. The van der Waals surface area contributed by atoms with E-state index in [1.807, 2.05) is 20.8 Å². The zero-order valence-electron chi connectivity index (χ0n) is 23.6. The lowest BCUT2D eigenvalue weighted by Crippen LogP contribution is -2.58. The largest absolute Gasteiger partial charge is 0.343 e. The summed E-state index contributed by atoms with van der Waals surface area (Å²) in [4.78, 5) is 52.1. The number of carbonyl (C=O) groups excluding carboxylic acids is 3. The minimum atomic E-state index is -0.707. The summed E-state index contributed by atoms with van der Waals surface area (Å²) >= 11 is 0. The van der Waals surface area contributed by atoms with Crippen molar-refractivity contribution in [1.82, 2.24) is 34.8 Å². The molecule has 0 saturated carbocycles. The fourth-order valence-corrected chi connectivity index (χ4v) is 5.04. The fourth-order valence-electron chi connectivity index (χ4n) is 5.04. The molecule has 1 aliphatic rings. The van der Waals surface area contributed by atoms with Crippen molar-refractivity contribution in [2.24, 2.45) is 5.41 Å². The lowest BCUT2D eigenvalue weighted by atomic mass is 9.85. The molecule has 4 rings (SSSR count). The Morgan fingerprint density at radius 2 is 1.95 bits per heavy atom. The van der Waals surface area contributed by atoms with Crippen LogP contribution in [-0.2, 0) is 16.0 Å². The fraction of sp³-hybridized carbons (Fsp3) is 0.483. The van der Waals surface area contributed by atoms with Crippen molar-refractivity contribution in [3.8, 4) is 0 Å². The Morgan fingerprint density at radius 3 is 2.62 bits per heavy atom. The number of fused-ring (bicyclic) bond motifs is 1. The summed E-state index contributed by atoms with van der Waals surface area (Å²) < 4.78 is 15.1. The molecule has 0 spiro atoms. The summed E-state index contributed by atoms with van der Waals surface area (Å²) in [5, 5.41) is 5.72. The van der Waals surface area contributed by atoms with Crippen LogP contribution in [0.4, 0.5) is 4.39 Å². The quantitative estimate of drug-likeness (QED) is 0.400. The van der Waals surface area contributed by atoms with Crippen LogP contribution in [0.1, 0.15) is 49.7 Å². The van der Waals surface area contributed by atoms with Gasteiger partial charge in [0.25, 0.3) is 5.91 Å². The molecule has 3 heterocycles. The highest BCUT2D eigenvalue weighted by Gasteiger charge is 2.40. The third-order valence-electron chi connectivity index (χ3n) is 7.17. The van der Waals surface area contributed by atoms with Gasteiger partial charge in [-0.15, -0.1) is 0 Å². The van der Waals surface area contributed by atoms with Crippen molar-refractivity contribution in [1.29, 1.82) is 0 Å². The molecular formula is C29H38FN7O3. The number of amides is 3. The number of likely N-dealkylation sites (N-methyl/N-ethyl adjacent to an activating group) is 1. The van der Waals surface area contributed by atoms with Crippen LogP contribution in [0.5, 0.6) is 0 Å². The predicted molar refractivity (Wildman–Crippen MR) is 149 cm³/mol. The van der Waals surface area contributed by atoms with Crippen molar-refractivity contribution in [3.63, 3.8) is 0 Å². The van der Waals surface area contributed by atoms with Crippen molar-refractivity contribution >= 4 is 23.5 Å². The van der Waals surface area contributed by atoms with Gasteiger partial charge in [0.05, 0.1) is 6.54 Å². The van der Waals surface area contributed by atoms with E-state index in [1.165, 1.54) is 12.1 Å². The van der Waals surface area contributed by atoms with Gasteiger partial charge in [0, 0.05) is 44.3 Å². The van der Waals surface area contributed by atoms with Gasteiger partial charge in [-0.1, -0.05) is 32.9 Å². The van der Waals surface area contributed by atoms with E-state index in [9.17, 15) is 18.8 Å². The maximum atomic E-state index is 13.8. The minimum absolute atomic E-state index is 0.114. The van der Waals surface area contributed by atoms with E-state index in [1.54, 1.807) is 58.0 Å². The normalized spacial score (nSPS) is 16.2. The molecule has 3 amide bonds. The van der Waals surface area contributed by atoms with Crippen LogP contribution in [0.3, 0.4) is 0 Å². The highest BCUT2D eigenvalue weighted by atomic mass is 19.1. The molecule has 3 aromatic rings. The Bertz CT molecular complexity index is 1300. The first kappa shape index (κ1) is 29.1. The first-order chi connectivity index (χ1) is 19.1. The molecule has 2 atom stereocenters. The number of nitrogens with zero attached hydrogens (tertiary/aromatic N) is 5. The number of halogens is 1. The molecule has 1 aromatic carbocycles. The number of aromatic nitrogens is 3. The first-order valence-corrected chi connectivity index (χ1v) is 13.6. The zero-order chi connectivity index (χ0) is 28.9. The van der Waals surface area contributed by atoms with Crippen LogP contribution in [0.25, 0.3) is 5.78 Å². The number of carbonyl (C=O) groups is 3. The number of nitrogens with one attached hydrogen (secondary N) is 2. The maximum Gasteiger partial charge on any atom is 0.274 e. The molecule has 10 nitrogen and oxygen atoms in total. The number of hydrogen-bond donors (Lipinski definition) is 2. The Morgan fingerprint density at radius 1 is 1.20 bits per heavy atom. The monoisotopic (exact) mass is 551 g/mol. The first-order valence-electron chi connectivity index (χ1n) is 13.6. The van der Waals surface area contributed by atoms with Crippen LogP contribution in [-0.4, -0.2) is 87.2 Å². The minimum Gasteiger partial charge on any atom is -0.343 e. The average molecular weight is 552 g/mol. The van der Waals surface area contributed by atoms with Gasteiger partial charge in [0.1, 0.15) is 17.6 Å². The molecule has 0 aliphatic carbocycles. The van der Waals surface area contributed by atoms with Crippen molar-refractivity contribution in [3.05, 3.63) is 66.0 Å². The van der Waals surface area contributed by atoms with Gasteiger partial charge in [-0.05, 0) is 55.5 Å². The molecule has 1 fully saturated rings. The molecular weight excluding hydrogens is 513 g/mol. The van der Waals surface area contributed by atoms with E-state index in [4.69, 9.17) is 0 Å². The summed E-state index contributed by atoms with van der Waals surface area (Å²) in [5.41, 5.74) is 0.658. The maximum absolute atomic E-state index is 13.8. The van der Waals surface area contributed by atoms with Gasteiger partial charge in [-0.2, -0.15) is 0 Å². The van der Waals surface area contributed by atoms with Gasteiger partial charge >= 0.3 is 0 Å². The van der Waals surface area contributed by atoms with E-state index in [2.05, 4.69) is 20.6 Å². The highest BCUT2D eigenvalue weighted by Crippen LogP contribution is 2.26. The molecule has 0 bridgehead atoms. The van der Waals surface area contributed by atoms with E-state index in [0.717, 1.165) is 18.4 Å². The number of hydrogen-bond acceptors (Lipinski definition) is 6. The molecule has 1 saturated heterocycles. The Balaban J connectivity index is 1.56. The van der Waals surface area contributed by atoms with Crippen LogP contribution < -0.4 is 10.6 Å². The molecule has 0 unspecified atom stereocenters. The average Bonchev–Trinajstić information content (AvgIpc) is 3.56. The molecule has 2 aromatic heterocycles. The molecule has 2 N–H and O–H groups in total. The zero-order valence-corrected chi connectivity index (χ0v) is 23.6. The third kappa shape index (κ3) is 7.01. The van der Waals surface area contributed by atoms with Gasteiger partial charge in [0.2, 0.25) is 17.6 Å². The van der Waals surface area contributed by atoms with E-state index in [-0.39, 0.29) is 41.8 Å². The standard InChI is InChI=1S/C29H38FN7O3/c1-29(2,3)25(34-24(38)17-31-4)27(40)37-15-5-7-22(37)18-35(16-12-20-8-10-21(30)11-9-20)26(39)23-19-36-14-6-13-32-28(36)33-23/h6,8-11,13-14,19,22,25,31H,5,7,12,15-18H2,1-4H3,(H,34,38)/t22-,25+/m0/s1. The van der Waals surface area contributed by atoms with E-state index >= 15 is 0 Å². The second kappa shape index (κ2) is 12.5.